The van der Waals surface area contributed by atoms with Crippen LogP contribution in [0.2, 0.25) is 0 Å². The second-order valence-electron chi connectivity index (χ2n) is 4.63. The Hall–Kier alpha value is -1.46. The maximum absolute atomic E-state index is 12.7. The maximum atomic E-state index is 12.7. The molecule has 98 valence electrons. The van der Waals surface area contributed by atoms with Gasteiger partial charge in [-0.3, -0.25) is 9.69 Å². The number of nitrogens with zero attached hydrogens (tertiary/aromatic N) is 2. The molecule has 1 heterocycles. The summed E-state index contributed by atoms with van der Waals surface area (Å²) in [5.41, 5.74) is 0.635. The van der Waals surface area contributed by atoms with E-state index < -0.39 is 0 Å². The molecule has 0 radical (unpaired) electrons. The van der Waals surface area contributed by atoms with Crippen molar-refractivity contribution >= 4 is 11.6 Å². The summed E-state index contributed by atoms with van der Waals surface area (Å²) in [5, 5.41) is 2.77. The standard InChI is InChI=1S/C13H18FN3O/c1-16-6-8-17(9-7-16)10-13(18)15-12-4-2-11(14)3-5-12/h2-5H,6-10H2,1H3,(H,15,18). The van der Waals surface area contributed by atoms with Crippen LogP contribution < -0.4 is 5.32 Å². The average Bonchev–Trinajstić information content (AvgIpc) is 2.35. The van der Waals surface area contributed by atoms with Crippen molar-refractivity contribution in [3.8, 4) is 0 Å². The van der Waals surface area contributed by atoms with Gasteiger partial charge in [0.05, 0.1) is 6.54 Å². The van der Waals surface area contributed by atoms with Gasteiger partial charge in [-0.05, 0) is 31.3 Å². The third-order valence-corrected chi connectivity index (χ3v) is 3.09. The molecule has 0 unspecified atom stereocenters. The lowest BCUT2D eigenvalue weighted by atomic mass is 10.3. The van der Waals surface area contributed by atoms with Gasteiger partial charge in [-0.1, -0.05) is 0 Å². The lowest BCUT2D eigenvalue weighted by Gasteiger charge is -2.31. The van der Waals surface area contributed by atoms with Gasteiger partial charge in [0.25, 0.3) is 0 Å². The summed E-state index contributed by atoms with van der Waals surface area (Å²) >= 11 is 0. The highest BCUT2D eigenvalue weighted by Crippen LogP contribution is 2.08. The minimum Gasteiger partial charge on any atom is -0.325 e. The topological polar surface area (TPSA) is 35.6 Å². The Kier molecular flexibility index (Phi) is 4.28. The third kappa shape index (κ3) is 3.78. The smallest absolute Gasteiger partial charge is 0.238 e. The Morgan fingerprint density at radius 2 is 1.83 bits per heavy atom. The van der Waals surface area contributed by atoms with Crippen molar-refractivity contribution in [1.29, 1.82) is 0 Å². The van der Waals surface area contributed by atoms with E-state index in [-0.39, 0.29) is 11.7 Å². The molecule has 0 aliphatic carbocycles. The van der Waals surface area contributed by atoms with E-state index in [1.54, 1.807) is 12.1 Å². The Morgan fingerprint density at radius 3 is 2.44 bits per heavy atom. The molecule has 1 aromatic carbocycles. The molecular weight excluding hydrogens is 233 g/mol. The molecule has 0 bridgehead atoms. The molecule has 0 saturated carbocycles. The predicted octanol–water partition coefficient (Wildman–Crippen LogP) is 1.01. The first-order valence-electron chi connectivity index (χ1n) is 6.10. The number of nitrogens with one attached hydrogen (secondary N) is 1. The van der Waals surface area contributed by atoms with Crippen molar-refractivity contribution in [1.82, 2.24) is 9.80 Å². The number of halogens is 1. The fourth-order valence-corrected chi connectivity index (χ4v) is 1.94. The van der Waals surface area contributed by atoms with Crippen LogP contribution in [0.5, 0.6) is 0 Å². The lowest BCUT2D eigenvalue weighted by Crippen LogP contribution is -2.47. The van der Waals surface area contributed by atoms with E-state index >= 15 is 0 Å². The minimum atomic E-state index is -0.299. The molecule has 1 N–H and O–H groups in total. The van der Waals surface area contributed by atoms with Gasteiger partial charge in [-0.15, -0.1) is 0 Å². The summed E-state index contributed by atoms with van der Waals surface area (Å²) in [5.74, 6) is -0.349. The molecule has 1 aliphatic heterocycles. The second kappa shape index (κ2) is 5.93. The van der Waals surface area contributed by atoms with Gasteiger partial charge in [0.15, 0.2) is 0 Å². The Labute approximate surface area is 106 Å². The molecule has 18 heavy (non-hydrogen) atoms. The number of hydrogen-bond acceptors (Lipinski definition) is 3. The van der Waals surface area contributed by atoms with Gasteiger partial charge < -0.3 is 10.2 Å². The zero-order valence-corrected chi connectivity index (χ0v) is 10.5. The van der Waals surface area contributed by atoms with Crippen molar-refractivity contribution in [2.24, 2.45) is 0 Å². The molecule has 1 amide bonds. The normalized spacial score (nSPS) is 17.7. The quantitative estimate of drug-likeness (QED) is 0.871. The summed E-state index contributed by atoms with van der Waals surface area (Å²) in [7, 11) is 2.08. The number of carbonyl (C=O) groups is 1. The summed E-state index contributed by atoms with van der Waals surface area (Å²) in [4.78, 5) is 16.2. The number of benzene rings is 1. The van der Waals surface area contributed by atoms with Gasteiger partial charge in [0.1, 0.15) is 5.82 Å². The number of carbonyl (C=O) groups excluding carboxylic acids is 1. The first-order chi connectivity index (χ1) is 8.63. The first kappa shape index (κ1) is 13.0. The largest absolute Gasteiger partial charge is 0.325 e. The van der Waals surface area contributed by atoms with Crippen LogP contribution in [0.15, 0.2) is 24.3 Å². The van der Waals surface area contributed by atoms with Crippen LogP contribution in [-0.2, 0) is 4.79 Å². The third-order valence-electron chi connectivity index (χ3n) is 3.09. The number of likely N-dealkylation sites (N-methyl/N-ethyl adjacent to an activating group) is 1. The van der Waals surface area contributed by atoms with Crippen LogP contribution >= 0.6 is 0 Å². The average molecular weight is 251 g/mol. The van der Waals surface area contributed by atoms with Gasteiger partial charge in [0, 0.05) is 31.9 Å². The Balaban J connectivity index is 1.80. The number of anilines is 1. The molecule has 4 nitrogen and oxygen atoms in total. The van der Waals surface area contributed by atoms with Gasteiger partial charge in [0.2, 0.25) is 5.91 Å². The molecule has 0 aromatic heterocycles. The molecule has 0 spiro atoms. The highest BCUT2D eigenvalue weighted by atomic mass is 19.1. The van der Waals surface area contributed by atoms with Gasteiger partial charge >= 0.3 is 0 Å². The summed E-state index contributed by atoms with van der Waals surface area (Å²) in [6, 6.07) is 5.81. The van der Waals surface area contributed by atoms with Crippen molar-refractivity contribution < 1.29 is 9.18 Å². The van der Waals surface area contributed by atoms with E-state index in [1.807, 2.05) is 0 Å². The highest BCUT2D eigenvalue weighted by molar-refractivity contribution is 5.92. The Morgan fingerprint density at radius 1 is 1.22 bits per heavy atom. The highest BCUT2D eigenvalue weighted by Gasteiger charge is 2.16. The predicted molar refractivity (Wildman–Crippen MR) is 69.0 cm³/mol. The van der Waals surface area contributed by atoms with E-state index in [1.165, 1.54) is 12.1 Å². The molecule has 1 saturated heterocycles. The van der Waals surface area contributed by atoms with E-state index in [2.05, 4.69) is 22.2 Å². The lowest BCUT2D eigenvalue weighted by molar-refractivity contribution is -0.117. The fraction of sp³-hybridized carbons (Fsp3) is 0.462. The summed E-state index contributed by atoms with van der Waals surface area (Å²) in [6.45, 7) is 4.19. The van der Waals surface area contributed by atoms with E-state index in [9.17, 15) is 9.18 Å². The first-order valence-corrected chi connectivity index (χ1v) is 6.10. The Bertz CT molecular complexity index is 399. The van der Waals surface area contributed by atoms with E-state index in [0.29, 0.717) is 12.2 Å². The fourth-order valence-electron chi connectivity index (χ4n) is 1.94. The molecule has 1 fully saturated rings. The van der Waals surface area contributed by atoms with Crippen LogP contribution in [0.4, 0.5) is 10.1 Å². The number of rotatable bonds is 3. The van der Waals surface area contributed by atoms with E-state index in [4.69, 9.17) is 0 Å². The molecule has 2 rings (SSSR count). The van der Waals surface area contributed by atoms with Crippen molar-refractivity contribution in [3.05, 3.63) is 30.1 Å². The van der Waals surface area contributed by atoms with Crippen LogP contribution in [0, 0.1) is 5.82 Å². The molecule has 5 heteroatoms. The van der Waals surface area contributed by atoms with Crippen LogP contribution in [0.3, 0.4) is 0 Å². The molecular formula is C13H18FN3O. The number of amides is 1. The minimum absolute atomic E-state index is 0.0499. The van der Waals surface area contributed by atoms with Crippen molar-refractivity contribution in [2.45, 2.75) is 0 Å². The van der Waals surface area contributed by atoms with Crippen LogP contribution in [0.25, 0.3) is 0 Å². The molecule has 0 atom stereocenters. The molecule has 1 aromatic rings. The summed E-state index contributed by atoms with van der Waals surface area (Å²) < 4.78 is 12.7. The van der Waals surface area contributed by atoms with Gasteiger partial charge in [-0.2, -0.15) is 0 Å². The monoisotopic (exact) mass is 251 g/mol. The number of piperazine rings is 1. The second-order valence-corrected chi connectivity index (χ2v) is 4.63. The SMILES string of the molecule is CN1CCN(CC(=O)Nc2ccc(F)cc2)CC1. The maximum Gasteiger partial charge on any atom is 0.238 e. The van der Waals surface area contributed by atoms with Crippen LogP contribution in [0.1, 0.15) is 0 Å². The molecule has 1 aliphatic rings. The number of hydrogen-bond donors (Lipinski definition) is 1. The van der Waals surface area contributed by atoms with E-state index in [0.717, 1.165) is 26.2 Å². The van der Waals surface area contributed by atoms with Gasteiger partial charge in [-0.25, -0.2) is 4.39 Å². The zero-order chi connectivity index (χ0) is 13.0. The zero-order valence-electron chi connectivity index (χ0n) is 10.5. The van der Waals surface area contributed by atoms with Crippen molar-refractivity contribution in [3.63, 3.8) is 0 Å². The summed E-state index contributed by atoms with van der Waals surface area (Å²) in [6.07, 6.45) is 0. The van der Waals surface area contributed by atoms with Crippen molar-refractivity contribution in [2.75, 3.05) is 45.1 Å². The van der Waals surface area contributed by atoms with Crippen LogP contribution in [-0.4, -0.2) is 55.5 Å².